The predicted octanol–water partition coefficient (Wildman–Crippen LogP) is 2.26. The molecule has 1 saturated heterocycles. The Kier molecular flexibility index (Phi) is 5.16. The molecule has 1 aliphatic heterocycles. The van der Waals surface area contributed by atoms with E-state index in [0.717, 1.165) is 12.0 Å². The average Bonchev–Trinajstić information content (AvgIpc) is 2.96. The van der Waals surface area contributed by atoms with Gasteiger partial charge in [0.15, 0.2) is 0 Å². The number of benzene rings is 1. The molecular weight excluding hydrogens is 283 g/mol. The molecule has 1 fully saturated rings. The number of nitrogens with zero attached hydrogens (tertiary/aromatic N) is 2. The van der Waals surface area contributed by atoms with Crippen molar-refractivity contribution in [2.24, 2.45) is 5.92 Å². The molecule has 5 heteroatoms. The van der Waals surface area contributed by atoms with E-state index >= 15 is 0 Å². The van der Waals surface area contributed by atoms with Crippen molar-refractivity contribution in [3.63, 3.8) is 0 Å². The minimum absolute atomic E-state index is 0.0386. The monoisotopic (exact) mass is 306 g/mol. The van der Waals surface area contributed by atoms with Gasteiger partial charge in [0.25, 0.3) is 0 Å². The molecule has 0 aromatic heterocycles. The van der Waals surface area contributed by atoms with E-state index in [1.165, 1.54) is 12.1 Å². The van der Waals surface area contributed by atoms with Gasteiger partial charge in [-0.2, -0.15) is 0 Å². The van der Waals surface area contributed by atoms with Gasteiger partial charge in [-0.3, -0.25) is 9.59 Å². The molecular formula is C17H23FN2O2. The van der Waals surface area contributed by atoms with E-state index in [4.69, 9.17) is 0 Å². The van der Waals surface area contributed by atoms with Crippen LogP contribution in [0.1, 0.15) is 31.2 Å². The van der Waals surface area contributed by atoms with E-state index in [1.54, 1.807) is 36.0 Å². The Labute approximate surface area is 130 Å². The van der Waals surface area contributed by atoms with Gasteiger partial charge >= 0.3 is 0 Å². The number of rotatable bonds is 4. The largest absolute Gasteiger partial charge is 0.349 e. The van der Waals surface area contributed by atoms with E-state index in [2.05, 4.69) is 0 Å². The zero-order valence-corrected chi connectivity index (χ0v) is 13.4. The highest BCUT2D eigenvalue weighted by molar-refractivity contribution is 5.82. The number of hydrogen-bond acceptors (Lipinski definition) is 2. The van der Waals surface area contributed by atoms with Crippen molar-refractivity contribution in [2.75, 3.05) is 27.2 Å². The van der Waals surface area contributed by atoms with Crippen molar-refractivity contribution in [3.05, 3.63) is 35.6 Å². The Morgan fingerprint density at radius 3 is 2.55 bits per heavy atom. The van der Waals surface area contributed by atoms with Crippen LogP contribution >= 0.6 is 0 Å². The summed E-state index contributed by atoms with van der Waals surface area (Å²) in [5.74, 6) is -0.170. The first-order chi connectivity index (χ1) is 10.4. The summed E-state index contributed by atoms with van der Waals surface area (Å²) in [6.07, 6.45) is 1.11. The standard InChI is InChI=1S/C17H23FN2O2/c1-12(13-4-6-15(18)7-5-13)10-16(21)20-9-8-14(11-20)17(22)19(2)3/h4-7,12,14H,8-11H2,1-3H3. The maximum atomic E-state index is 12.9. The normalized spacial score (nSPS) is 19.1. The smallest absolute Gasteiger partial charge is 0.227 e. The molecule has 2 rings (SSSR count). The minimum Gasteiger partial charge on any atom is -0.349 e. The van der Waals surface area contributed by atoms with Crippen LogP contribution in [0.5, 0.6) is 0 Å². The molecule has 0 bridgehead atoms. The van der Waals surface area contributed by atoms with Crippen molar-refractivity contribution >= 4 is 11.8 Å². The summed E-state index contributed by atoms with van der Waals surface area (Å²) in [6.45, 7) is 3.11. The number of hydrogen-bond donors (Lipinski definition) is 0. The van der Waals surface area contributed by atoms with Crippen molar-refractivity contribution in [2.45, 2.75) is 25.7 Å². The lowest BCUT2D eigenvalue weighted by atomic mass is 9.97. The summed E-state index contributed by atoms with van der Waals surface area (Å²) >= 11 is 0. The van der Waals surface area contributed by atoms with Crippen LogP contribution < -0.4 is 0 Å². The summed E-state index contributed by atoms with van der Waals surface area (Å²) in [7, 11) is 3.48. The number of halogens is 1. The molecule has 1 aromatic rings. The summed E-state index contributed by atoms with van der Waals surface area (Å²) < 4.78 is 12.9. The van der Waals surface area contributed by atoms with Crippen molar-refractivity contribution in [1.29, 1.82) is 0 Å². The zero-order valence-electron chi connectivity index (χ0n) is 13.4. The number of amides is 2. The van der Waals surface area contributed by atoms with Gasteiger partial charge in [-0.1, -0.05) is 19.1 Å². The third kappa shape index (κ3) is 3.84. The Morgan fingerprint density at radius 2 is 1.95 bits per heavy atom. The molecule has 2 amide bonds. The summed E-state index contributed by atoms with van der Waals surface area (Å²) in [4.78, 5) is 27.7. The van der Waals surface area contributed by atoms with Gasteiger partial charge in [-0.25, -0.2) is 4.39 Å². The third-order valence-corrected chi connectivity index (χ3v) is 4.25. The van der Waals surface area contributed by atoms with Crippen molar-refractivity contribution in [3.8, 4) is 0 Å². The third-order valence-electron chi connectivity index (χ3n) is 4.25. The fourth-order valence-electron chi connectivity index (χ4n) is 2.85. The minimum atomic E-state index is -0.271. The van der Waals surface area contributed by atoms with Gasteiger partial charge in [-0.05, 0) is 30.0 Å². The lowest BCUT2D eigenvalue weighted by Gasteiger charge is -2.20. The van der Waals surface area contributed by atoms with Gasteiger partial charge in [0, 0.05) is 33.6 Å². The fraction of sp³-hybridized carbons (Fsp3) is 0.529. The van der Waals surface area contributed by atoms with Gasteiger partial charge in [0.2, 0.25) is 11.8 Å². The second-order valence-electron chi connectivity index (χ2n) is 6.21. The molecule has 1 heterocycles. The van der Waals surface area contributed by atoms with Crippen LogP contribution in [0.15, 0.2) is 24.3 Å². The molecule has 0 saturated carbocycles. The van der Waals surface area contributed by atoms with Crippen LogP contribution in [0, 0.1) is 11.7 Å². The first-order valence-corrected chi connectivity index (χ1v) is 7.63. The van der Waals surface area contributed by atoms with E-state index in [1.807, 2.05) is 6.92 Å². The van der Waals surface area contributed by atoms with E-state index < -0.39 is 0 Å². The van der Waals surface area contributed by atoms with Crippen molar-refractivity contribution < 1.29 is 14.0 Å². The molecule has 120 valence electrons. The lowest BCUT2D eigenvalue weighted by molar-refractivity contribution is -0.133. The molecule has 4 nitrogen and oxygen atoms in total. The molecule has 22 heavy (non-hydrogen) atoms. The van der Waals surface area contributed by atoms with Crippen LogP contribution in [0.2, 0.25) is 0 Å². The van der Waals surface area contributed by atoms with Gasteiger partial charge in [0.1, 0.15) is 5.82 Å². The molecule has 1 aromatic carbocycles. The Balaban J connectivity index is 1.90. The fourth-order valence-corrected chi connectivity index (χ4v) is 2.85. The van der Waals surface area contributed by atoms with Gasteiger partial charge in [-0.15, -0.1) is 0 Å². The van der Waals surface area contributed by atoms with Gasteiger partial charge in [0.05, 0.1) is 5.92 Å². The van der Waals surface area contributed by atoms with Crippen LogP contribution in [-0.2, 0) is 9.59 Å². The maximum Gasteiger partial charge on any atom is 0.227 e. The highest BCUT2D eigenvalue weighted by Gasteiger charge is 2.32. The van der Waals surface area contributed by atoms with E-state index in [9.17, 15) is 14.0 Å². The molecule has 0 N–H and O–H groups in total. The highest BCUT2D eigenvalue weighted by Crippen LogP contribution is 2.24. The number of carbonyl (C=O) groups is 2. The highest BCUT2D eigenvalue weighted by atomic mass is 19.1. The summed E-state index contributed by atoms with van der Waals surface area (Å²) in [6, 6.07) is 6.27. The average molecular weight is 306 g/mol. The zero-order chi connectivity index (χ0) is 16.3. The summed E-state index contributed by atoms with van der Waals surface area (Å²) in [5, 5.41) is 0. The first-order valence-electron chi connectivity index (χ1n) is 7.63. The van der Waals surface area contributed by atoms with Crippen LogP contribution in [-0.4, -0.2) is 48.8 Å². The van der Waals surface area contributed by atoms with E-state index in [-0.39, 0.29) is 29.5 Å². The van der Waals surface area contributed by atoms with Crippen molar-refractivity contribution in [1.82, 2.24) is 9.80 Å². The molecule has 1 aliphatic rings. The second-order valence-corrected chi connectivity index (χ2v) is 6.21. The van der Waals surface area contributed by atoms with E-state index in [0.29, 0.717) is 19.5 Å². The first kappa shape index (κ1) is 16.5. The number of likely N-dealkylation sites (tertiary alicyclic amines) is 1. The SMILES string of the molecule is CC(CC(=O)N1CCC(C(=O)N(C)C)C1)c1ccc(F)cc1. The molecule has 0 radical (unpaired) electrons. The quantitative estimate of drug-likeness (QED) is 0.856. The topological polar surface area (TPSA) is 40.6 Å². The van der Waals surface area contributed by atoms with Crippen LogP contribution in [0.3, 0.4) is 0 Å². The summed E-state index contributed by atoms with van der Waals surface area (Å²) in [5.41, 5.74) is 0.954. The lowest BCUT2D eigenvalue weighted by Crippen LogP contribution is -2.34. The Bertz CT molecular complexity index is 542. The van der Waals surface area contributed by atoms with Gasteiger partial charge < -0.3 is 9.80 Å². The maximum absolute atomic E-state index is 12.9. The molecule has 0 aliphatic carbocycles. The van der Waals surface area contributed by atoms with Crippen LogP contribution in [0.4, 0.5) is 4.39 Å². The Morgan fingerprint density at radius 1 is 1.32 bits per heavy atom. The molecule has 2 unspecified atom stereocenters. The molecule has 0 spiro atoms. The molecule has 2 atom stereocenters. The predicted molar refractivity (Wildman–Crippen MR) is 82.8 cm³/mol. The number of carbonyl (C=O) groups excluding carboxylic acids is 2. The van der Waals surface area contributed by atoms with Crippen LogP contribution in [0.25, 0.3) is 0 Å². The Hall–Kier alpha value is -1.91. The second kappa shape index (κ2) is 6.90.